The molecule has 0 aromatic heterocycles. The van der Waals surface area contributed by atoms with E-state index in [4.69, 9.17) is 10.2 Å². The molecular weight excluding hydrogens is 156 g/mol. The molecule has 0 rings (SSSR count). The van der Waals surface area contributed by atoms with Gasteiger partial charge >= 0.3 is 0 Å². The highest BCUT2D eigenvalue weighted by Crippen LogP contribution is 1.95. The standard InChI is InChI=1S/C6H14O.C2H6O.CH4.H2O/c1-2-3-4-5-6-7;1-2-3;;/h7H,2-6H2,1H3;3H,2H2,1H3;1H4;1H2. The third-order valence-corrected chi connectivity index (χ3v) is 1.01. The van der Waals surface area contributed by atoms with Crippen LogP contribution in [0.5, 0.6) is 0 Å². The van der Waals surface area contributed by atoms with Crippen molar-refractivity contribution in [2.24, 2.45) is 0 Å². The SMILES string of the molecule is C.CCCCCCO.CCO.O. The minimum atomic E-state index is 0. The van der Waals surface area contributed by atoms with Gasteiger partial charge in [-0.25, -0.2) is 0 Å². The fourth-order valence-electron chi connectivity index (χ4n) is 0.539. The minimum absolute atomic E-state index is 0. The third-order valence-electron chi connectivity index (χ3n) is 1.01. The van der Waals surface area contributed by atoms with Gasteiger partial charge in [-0.1, -0.05) is 33.6 Å². The molecule has 3 nitrogen and oxygen atoms in total. The maximum Gasteiger partial charge on any atom is 0.0431 e. The van der Waals surface area contributed by atoms with E-state index in [-0.39, 0.29) is 19.5 Å². The van der Waals surface area contributed by atoms with Gasteiger partial charge in [-0.05, 0) is 13.3 Å². The van der Waals surface area contributed by atoms with E-state index in [1.165, 1.54) is 19.3 Å². The van der Waals surface area contributed by atoms with Crippen molar-refractivity contribution in [3.63, 3.8) is 0 Å². The molecule has 0 spiro atoms. The van der Waals surface area contributed by atoms with E-state index in [0.29, 0.717) is 6.61 Å². The molecule has 0 heterocycles. The normalized spacial score (nSPS) is 7.00. The van der Waals surface area contributed by atoms with Crippen molar-refractivity contribution >= 4 is 0 Å². The van der Waals surface area contributed by atoms with Crippen molar-refractivity contribution in [3.8, 4) is 0 Å². The van der Waals surface area contributed by atoms with Crippen molar-refractivity contribution in [1.82, 2.24) is 0 Å². The van der Waals surface area contributed by atoms with E-state index in [9.17, 15) is 0 Å². The Bertz CT molecular complexity index is 36.8. The molecule has 0 atom stereocenters. The van der Waals surface area contributed by atoms with Crippen molar-refractivity contribution in [2.45, 2.75) is 47.0 Å². The van der Waals surface area contributed by atoms with Crippen LogP contribution < -0.4 is 0 Å². The molecule has 80 valence electrons. The van der Waals surface area contributed by atoms with Crippen LogP contribution >= 0.6 is 0 Å². The first-order valence-corrected chi connectivity index (χ1v) is 4.05. The first-order valence-electron chi connectivity index (χ1n) is 4.05. The van der Waals surface area contributed by atoms with E-state index < -0.39 is 0 Å². The van der Waals surface area contributed by atoms with Crippen molar-refractivity contribution in [2.75, 3.05) is 13.2 Å². The molecule has 0 aliphatic rings. The van der Waals surface area contributed by atoms with Gasteiger partial charge in [-0.2, -0.15) is 0 Å². The number of aliphatic hydroxyl groups is 2. The summed E-state index contributed by atoms with van der Waals surface area (Å²) in [5.41, 5.74) is 0. The molecule has 3 heteroatoms. The summed E-state index contributed by atoms with van der Waals surface area (Å²) >= 11 is 0. The molecule has 0 radical (unpaired) electrons. The number of rotatable bonds is 4. The lowest BCUT2D eigenvalue weighted by atomic mass is 10.2. The van der Waals surface area contributed by atoms with E-state index in [1.807, 2.05) is 0 Å². The smallest absolute Gasteiger partial charge is 0.0431 e. The summed E-state index contributed by atoms with van der Waals surface area (Å²) in [6, 6.07) is 0. The summed E-state index contributed by atoms with van der Waals surface area (Å²) in [6.45, 7) is 4.46. The van der Waals surface area contributed by atoms with Crippen molar-refractivity contribution < 1.29 is 15.7 Å². The zero-order valence-corrected chi connectivity index (χ0v) is 7.64. The Morgan fingerprint density at radius 3 is 1.58 bits per heavy atom. The van der Waals surface area contributed by atoms with Gasteiger partial charge in [0.05, 0.1) is 0 Å². The van der Waals surface area contributed by atoms with Gasteiger partial charge < -0.3 is 15.7 Å². The van der Waals surface area contributed by atoms with Crippen molar-refractivity contribution in [1.29, 1.82) is 0 Å². The predicted molar refractivity (Wildman–Crippen MR) is 54.3 cm³/mol. The first-order chi connectivity index (χ1) is 4.83. The van der Waals surface area contributed by atoms with Crippen LogP contribution in [0.25, 0.3) is 0 Å². The Kier molecular flexibility index (Phi) is 58.0. The van der Waals surface area contributed by atoms with E-state index in [2.05, 4.69) is 6.92 Å². The van der Waals surface area contributed by atoms with Crippen LogP contribution in [0.15, 0.2) is 0 Å². The van der Waals surface area contributed by atoms with Crippen LogP contribution in [-0.4, -0.2) is 28.9 Å². The fraction of sp³-hybridized carbons (Fsp3) is 1.00. The van der Waals surface area contributed by atoms with Crippen LogP contribution in [0.3, 0.4) is 0 Å². The molecule has 0 saturated heterocycles. The second-order valence-corrected chi connectivity index (χ2v) is 2.10. The zero-order chi connectivity index (χ0) is 8.24. The number of unbranched alkanes of at least 4 members (excludes halogenated alkanes) is 3. The average Bonchev–Trinajstić information content (AvgIpc) is 1.91. The van der Waals surface area contributed by atoms with Crippen LogP contribution in [0.1, 0.15) is 47.0 Å². The van der Waals surface area contributed by atoms with Crippen LogP contribution in [0.4, 0.5) is 0 Å². The largest absolute Gasteiger partial charge is 0.412 e. The second kappa shape index (κ2) is 30.7. The average molecular weight is 182 g/mol. The molecule has 0 saturated carbocycles. The number of hydrogen-bond acceptors (Lipinski definition) is 2. The van der Waals surface area contributed by atoms with Crippen LogP contribution in [0.2, 0.25) is 0 Å². The van der Waals surface area contributed by atoms with Crippen molar-refractivity contribution in [3.05, 3.63) is 0 Å². The van der Waals surface area contributed by atoms with Gasteiger partial charge in [0.2, 0.25) is 0 Å². The van der Waals surface area contributed by atoms with E-state index in [1.54, 1.807) is 6.92 Å². The molecule has 12 heavy (non-hydrogen) atoms. The Morgan fingerprint density at radius 2 is 1.33 bits per heavy atom. The summed E-state index contributed by atoms with van der Waals surface area (Å²) in [5.74, 6) is 0. The lowest BCUT2D eigenvalue weighted by molar-refractivity contribution is 0.283. The highest BCUT2D eigenvalue weighted by atomic mass is 16.3. The van der Waals surface area contributed by atoms with Gasteiger partial charge in [0.15, 0.2) is 0 Å². The highest BCUT2D eigenvalue weighted by Gasteiger charge is 1.80. The Balaban J connectivity index is -0.0000000569. The molecule has 0 fully saturated rings. The Labute approximate surface area is 76.7 Å². The number of hydrogen-bond donors (Lipinski definition) is 2. The summed E-state index contributed by atoms with van der Waals surface area (Å²) < 4.78 is 0. The van der Waals surface area contributed by atoms with Gasteiger partial charge in [0.1, 0.15) is 0 Å². The molecule has 0 aromatic carbocycles. The Hall–Kier alpha value is -0.120. The maximum absolute atomic E-state index is 8.29. The lowest BCUT2D eigenvalue weighted by Gasteiger charge is -1.90. The van der Waals surface area contributed by atoms with Gasteiger partial charge in [0.25, 0.3) is 0 Å². The monoisotopic (exact) mass is 182 g/mol. The molecule has 0 aromatic rings. The molecule has 0 unspecified atom stereocenters. The molecule has 0 bridgehead atoms. The second-order valence-electron chi connectivity index (χ2n) is 2.10. The molecule has 0 aliphatic heterocycles. The lowest BCUT2D eigenvalue weighted by Crippen LogP contribution is -1.80. The summed E-state index contributed by atoms with van der Waals surface area (Å²) in [5, 5.41) is 15.9. The zero-order valence-electron chi connectivity index (χ0n) is 7.64. The van der Waals surface area contributed by atoms with E-state index >= 15 is 0 Å². The van der Waals surface area contributed by atoms with Gasteiger partial charge in [-0.3, -0.25) is 0 Å². The Morgan fingerprint density at radius 1 is 0.917 bits per heavy atom. The topological polar surface area (TPSA) is 72.0 Å². The van der Waals surface area contributed by atoms with Crippen LogP contribution in [0, 0.1) is 0 Å². The summed E-state index contributed by atoms with van der Waals surface area (Å²) in [4.78, 5) is 0. The predicted octanol–water partition coefficient (Wildman–Crippen LogP) is 1.37. The van der Waals surface area contributed by atoms with Gasteiger partial charge in [0, 0.05) is 13.2 Å². The molecule has 4 N–H and O–H groups in total. The summed E-state index contributed by atoms with van der Waals surface area (Å²) in [6.07, 6.45) is 4.68. The van der Waals surface area contributed by atoms with Gasteiger partial charge in [-0.15, -0.1) is 0 Å². The van der Waals surface area contributed by atoms with Crippen LogP contribution in [-0.2, 0) is 0 Å². The minimum Gasteiger partial charge on any atom is -0.412 e. The first kappa shape index (κ1) is 22.6. The molecular formula is C9H26O3. The number of aliphatic hydroxyl groups excluding tert-OH is 2. The maximum atomic E-state index is 8.29. The quantitative estimate of drug-likeness (QED) is 0.644. The third kappa shape index (κ3) is 51.8. The fourth-order valence-corrected chi connectivity index (χ4v) is 0.539. The molecule has 0 amide bonds. The van der Waals surface area contributed by atoms with E-state index in [0.717, 1.165) is 6.42 Å². The summed E-state index contributed by atoms with van der Waals surface area (Å²) in [7, 11) is 0. The molecule has 0 aliphatic carbocycles. The highest BCUT2D eigenvalue weighted by molar-refractivity contribution is 4.35.